The van der Waals surface area contributed by atoms with Gasteiger partial charge in [0.05, 0.1) is 0 Å². The molecular formula is C16H18FN3O4. The molecule has 128 valence electrons. The normalized spacial score (nSPS) is 11.3. The fourth-order valence-corrected chi connectivity index (χ4v) is 1.94. The summed E-state index contributed by atoms with van der Waals surface area (Å²) in [7, 11) is 0. The van der Waals surface area contributed by atoms with E-state index in [-0.39, 0.29) is 24.5 Å². The number of aliphatic carboxylic acids is 1. The number of carbonyl (C=O) groups is 2. The predicted molar refractivity (Wildman–Crippen MR) is 82.6 cm³/mol. The molecule has 0 unspecified atom stereocenters. The van der Waals surface area contributed by atoms with Crippen molar-refractivity contribution in [1.82, 2.24) is 15.5 Å². The maximum absolute atomic E-state index is 13.3. The number of aryl methyl sites for hydroxylation is 2. The molecule has 7 nitrogen and oxygen atoms in total. The van der Waals surface area contributed by atoms with Crippen LogP contribution in [0.1, 0.15) is 31.7 Å². The fraction of sp³-hybridized carbons (Fsp3) is 0.375. The lowest BCUT2D eigenvalue weighted by atomic mass is 10.1. The molecule has 2 N–H and O–H groups in total. The van der Waals surface area contributed by atoms with Crippen molar-refractivity contribution in [1.29, 1.82) is 0 Å². The zero-order chi connectivity index (χ0) is 17.9. The van der Waals surface area contributed by atoms with Gasteiger partial charge in [-0.15, -0.1) is 0 Å². The van der Waals surface area contributed by atoms with Gasteiger partial charge in [-0.3, -0.25) is 4.79 Å². The van der Waals surface area contributed by atoms with Crippen molar-refractivity contribution in [3.8, 4) is 11.4 Å². The lowest BCUT2D eigenvalue weighted by Gasteiger charge is -2.20. The van der Waals surface area contributed by atoms with E-state index in [4.69, 9.17) is 9.63 Å². The van der Waals surface area contributed by atoms with Crippen molar-refractivity contribution in [2.75, 3.05) is 0 Å². The summed E-state index contributed by atoms with van der Waals surface area (Å²) in [6.45, 7) is 4.43. The molecule has 2 rings (SSSR count). The van der Waals surface area contributed by atoms with Gasteiger partial charge in [-0.25, -0.2) is 9.18 Å². The molecule has 0 aliphatic carbocycles. The first-order chi connectivity index (χ1) is 11.2. The van der Waals surface area contributed by atoms with Crippen LogP contribution in [0, 0.1) is 12.7 Å². The number of rotatable bonds is 6. The van der Waals surface area contributed by atoms with Crippen LogP contribution in [0.15, 0.2) is 22.7 Å². The highest BCUT2D eigenvalue weighted by atomic mass is 19.1. The number of aromatic nitrogens is 2. The second kappa shape index (κ2) is 6.77. The minimum Gasteiger partial charge on any atom is -0.480 e. The molecular weight excluding hydrogens is 317 g/mol. The lowest BCUT2D eigenvalue weighted by Crippen LogP contribution is -2.49. The molecule has 1 amide bonds. The number of carboxylic acid groups (broad SMARTS) is 1. The number of halogens is 1. The summed E-state index contributed by atoms with van der Waals surface area (Å²) in [6, 6.07) is 4.47. The molecule has 1 aromatic heterocycles. The van der Waals surface area contributed by atoms with E-state index in [1.54, 1.807) is 19.1 Å². The minimum atomic E-state index is -1.34. The van der Waals surface area contributed by atoms with Gasteiger partial charge in [0.25, 0.3) is 0 Å². The third-order valence-electron chi connectivity index (χ3n) is 3.44. The van der Waals surface area contributed by atoms with Gasteiger partial charge >= 0.3 is 5.97 Å². The van der Waals surface area contributed by atoms with E-state index >= 15 is 0 Å². The quantitative estimate of drug-likeness (QED) is 0.837. The summed E-state index contributed by atoms with van der Waals surface area (Å²) in [5, 5.41) is 15.2. The first-order valence-electron chi connectivity index (χ1n) is 7.32. The van der Waals surface area contributed by atoms with Crippen molar-refractivity contribution < 1.29 is 23.6 Å². The molecule has 0 saturated heterocycles. The number of amides is 1. The molecule has 0 bridgehead atoms. The molecule has 0 fully saturated rings. The van der Waals surface area contributed by atoms with E-state index in [0.717, 1.165) is 0 Å². The Bertz CT molecular complexity index is 770. The van der Waals surface area contributed by atoms with E-state index in [1.807, 2.05) is 0 Å². The first kappa shape index (κ1) is 17.6. The monoisotopic (exact) mass is 335 g/mol. The Labute approximate surface area is 137 Å². The van der Waals surface area contributed by atoms with E-state index in [2.05, 4.69) is 15.5 Å². The standard InChI is InChI=1S/C16H18FN3O4/c1-9-8-10(4-5-11(9)17)14-18-13(24-20-14)7-6-12(21)19-16(2,3)15(22)23/h4-5,8H,6-7H2,1-3H3,(H,19,21)(H,22,23). The van der Waals surface area contributed by atoms with E-state index in [1.165, 1.54) is 19.9 Å². The highest BCUT2D eigenvalue weighted by Crippen LogP contribution is 2.19. The first-order valence-corrected chi connectivity index (χ1v) is 7.32. The smallest absolute Gasteiger partial charge is 0.328 e. The molecule has 1 heterocycles. The second-order valence-corrected chi connectivity index (χ2v) is 5.95. The van der Waals surface area contributed by atoms with E-state index < -0.39 is 17.4 Å². The number of carboxylic acids is 1. The van der Waals surface area contributed by atoms with Crippen molar-refractivity contribution >= 4 is 11.9 Å². The number of nitrogens with one attached hydrogen (secondary N) is 1. The Hall–Kier alpha value is -2.77. The average Bonchev–Trinajstić information content (AvgIpc) is 2.96. The molecule has 0 aliphatic rings. The SMILES string of the molecule is Cc1cc(-c2noc(CCC(=O)NC(C)(C)C(=O)O)n2)ccc1F. The molecule has 24 heavy (non-hydrogen) atoms. The Kier molecular flexibility index (Phi) is 4.96. The predicted octanol–water partition coefficient (Wildman–Crippen LogP) is 2.10. The maximum atomic E-state index is 13.3. The number of carbonyl (C=O) groups excluding carboxylic acids is 1. The molecule has 0 atom stereocenters. The van der Waals surface area contributed by atoms with Gasteiger partial charge in [-0.05, 0) is 44.5 Å². The Morgan fingerprint density at radius 1 is 1.38 bits per heavy atom. The van der Waals surface area contributed by atoms with Gasteiger partial charge in [0.2, 0.25) is 17.6 Å². The summed E-state index contributed by atoms with van der Waals surface area (Å²) in [5.41, 5.74) is -0.266. The zero-order valence-electron chi connectivity index (χ0n) is 13.6. The third kappa shape index (κ3) is 4.15. The van der Waals surface area contributed by atoms with Gasteiger partial charge < -0.3 is 14.9 Å². The Morgan fingerprint density at radius 3 is 2.71 bits per heavy atom. The summed E-state index contributed by atoms with van der Waals surface area (Å²) in [5.74, 6) is -1.32. The van der Waals surface area contributed by atoms with Crippen LogP contribution in [0.5, 0.6) is 0 Å². The molecule has 1 aromatic carbocycles. The van der Waals surface area contributed by atoms with E-state index in [0.29, 0.717) is 17.0 Å². The molecule has 0 aliphatic heterocycles. The van der Waals surface area contributed by atoms with Gasteiger partial charge in [-0.1, -0.05) is 5.16 Å². The van der Waals surface area contributed by atoms with Crippen LogP contribution in [0.2, 0.25) is 0 Å². The fourth-order valence-electron chi connectivity index (χ4n) is 1.94. The molecule has 2 aromatic rings. The van der Waals surface area contributed by atoms with Crippen LogP contribution in [0.25, 0.3) is 11.4 Å². The number of nitrogens with zero attached hydrogens (tertiary/aromatic N) is 2. The maximum Gasteiger partial charge on any atom is 0.328 e. The van der Waals surface area contributed by atoms with Crippen LogP contribution in [0.4, 0.5) is 4.39 Å². The highest BCUT2D eigenvalue weighted by Gasteiger charge is 2.28. The Balaban J connectivity index is 1.98. The van der Waals surface area contributed by atoms with Gasteiger partial charge in [0, 0.05) is 18.4 Å². The lowest BCUT2D eigenvalue weighted by molar-refractivity contribution is -0.146. The van der Waals surface area contributed by atoms with E-state index in [9.17, 15) is 14.0 Å². The highest BCUT2D eigenvalue weighted by molar-refractivity contribution is 5.86. The van der Waals surface area contributed by atoms with Crippen molar-refractivity contribution in [3.05, 3.63) is 35.5 Å². The molecule has 8 heteroatoms. The van der Waals surface area contributed by atoms with Crippen LogP contribution in [-0.4, -0.2) is 32.7 Å². The molecule has 0 radical (unpaired) electrons. The number of hydrogen-bond donors (Lipinski definition) is 2. The summed E-state index contributed by atoms with van der Waals surface area (Å²) in [4.78, 5) is 26.9. The topological polar surface area (TPSA) is 105 Å². The summed E-state index contributed by atoms with van der Waals surface area (Å²) >= 11 is 0. The van der Waals surface area contributed by atoms with Crippen LogP contribution < -0.4 is 5.32 Å². The van der Waals surface area contributed by atoms with Crippen LogP contribution >= 0.6 is 0 Å². The average molecular weight is 335 g/mol. The van der Waals surface area contributed by atoms with Crippen LogP contribution in [0.3, 0.4) is 0 Å². The molecule has 0 saturated carbocycles. The third-order valence-corrected chi connectivity index (χ3v) is 3.44. The van der Waals surface area contributed by atoms with Gasteiger partial charge in [0.15, 0.2) is 0 Å². The number of benzene rings is 1. The molecule has 0 spiro atoms. The Morgan fingerprint density at radius 2 is 2.08 bits per heavy atom. The second-order valence-electron chi connectivity index (χ2n) is 5.95. The summed E-state index contributed by atoms with van der Waals surface area (Å²) < 4.78 is 18.3. The largest absolute Gasteiger partial charge is 0.480 e. The van der Waals surface area contributed by atoms with Crippen molar-refractivity contribution in [3.63, 3.8) is 0 Å². The number of hydrogen-bond acceptors (Lipinski definition) is 5. The van der Waals surface area contributed by atoms with Crippen molar-refractivity contribution in [2.45, 2.75) is 39.2 Å². The zero-order valence-corrected chi connectivity index (χ0v) is 13.6. The van der Waals surface area contributed by atoms with Gasteiger partial charge in [0.1, 0.15) is 11.4 Å². The minimum absolute atomic E-state index is 0.0147. The van der Waals surface area contributed by atoms with Crippen LogP contribution in [-0.2, 0) is 16.0 Å². The van der Waals surface area contributed by atoms with Gasteiger partial charge in [-0.2, -0.15) is 4.98 Å². The van der Waals surface area contributed by atoms with Crippen molar-refractivity contribution in [2.24, 2.45) is 0 Å². The summed E-state index contributed by atoms with van der Waals surface area (Å²) in [6.07, 6.45) is 0.190.